The molecule has 0 spiro atoms. The van der Waals surface area contributed by atoms with Crippen molar-refractivity contribution in [3.63, 3.8) is 0 Å². The van der Waals surface area contributed by atoms with Gasteiger partial charge in [0.1, 0.15) is 0 Å². The number of carbonyl (C=O) groups is 1. The van der Waals surface area contributed by atoms with E-state index in [1.165, 1.54) is 0 Å². The highest BCUT2D eigenvalue weighted by atomic mass is 16.2. The number of likely N-dealkylation sites (N-methyl/N-ethyl adjacent to an activating group) is 1. The van der Waals surface area contributed by atoms with E-state index in [1.807, 2.05) is 27.9 Å². The number of hydrogen-bond donors (Lipinski definition) is 1. The first-order valence-electron chi connectivity index (χ1n) is 6.80. The highest BCUT2D eigenvalue weighted by Gasteiger charge is 2.18. The summed E-state index contributed by atoms with van der Waals surface area (Å²) in [6.45, 7) is 5.22. The predicted molar refractivity (Wildman–Crippen MR) is 80.1 cm³/mol. The van der Waals surface area contributed by atoms with Crippen molar-refractivity contribution < 1.29 is 4.79 Å². The largest absolute Gasteiger partial charge is 0.378 e. The molecule has 1 unspecified atom stereocenters. The molecule has 106 valence electrons. The van der Waals surface area contributed by atoms with E-state index >= 15 is 0 Å². The number of amides is 1. The maximum atomic E-state index is 12.1. The molecule has 0 fully saturated rings. The summed E-state index contributed by atoms with van der Waals surface area (Å²) < 4.78 is 0. The Kier molecular flexibility index (Phi) is 5.83. The van der Waals surface area contributed by atoms with Gasteiger partial charge < -0.3 is 15.5 Å². The van der Waals surface area contributed by atoms with Gasteiger partial charge in [-0.3, -0.25) is 4.79 Å². The van der Waals surface area contributed by atoms with Crippen molar-refractivity contribution in [1.82, 2.24) is 4.90 Å². The van der Waals surface area contributed by atoms with Crippen LogP contribution in [0.1, 0.15) is 25.8 Å². The van der Waals surface area contributed by atoms with Gasteiger partial charge in [-0.25, -0.2) is 0 Å². The summed E-state index contributed by atoms with van der Waals surface area (Å²) in [6, 6.07) is 7.85. The molecular weight excluding hydrogens is 238 g/mol. The van der Waals surface area contributed by atoms with Gasteiger partial charge in [-0.15, -0.1) is 0 Å². The summed E-state index contributed by atoms with van der Waals surface area (Å²) in [4.78, 5) is 15.9. The van der Waals surface area contributed by atoms with E-state index in [0.29, 0.717) is 19.5 Å². The molecule has 0 aliphatic heterocycles. The Balaban J connectivity index is 2.73. The third kappa shape index (κ3) is 4.24. The normalized spacial score (nSPS) is 12.1. The number of anilines is 1. The average Bonchev–Trinajstić information content (AvgIpc) is 2.43. The lowest BCUT2D eigenvalue weighted by Crippen LogP contribution is -2.42. The van der Waals surface area contributed by atoms with Crippen LogP contribution in [0.5, 0.6) is 0 Å². The van der Waals surface area contributed by atoms with Gasteiger partial charge in [0.2, 0.25) is 5.91 Å². The van der Waals surface area contributed by atoms with E-state index in [2.05, 4.69) is 29.2 Å². The fourth-order valence-electron chi connectivity index (χ4n) is 1.87. The highest BCUT2D eigenvalue weighted by Crippen LogP contribution is 2.14. The van der Waals surface area contributed by atoms with Crippen molar-refractivity contribution in [1.29, 1.82) is 0 Å². The number of carbonyl (C=O) groups excluding carboxylic acids is 1. The zero-order chi connectivity index (χ0) is 14.4. The van der Waals surface area contributed by atoms with Crippen LogP contribution < -0.4 is 10.6 Å². The van der Waals surface area contributed by atoms with Crippen molar-refractivity contribution in [3.8, 4) is 0 Å². The second-order valence-electron chi connectivity index (χ2n) is 4.93. The van der Waals surface area contributed by atoms with E-state index in [-0.39, 0.29) is 11.9 Å². The van der Waals surface area contributed by atoms with Crippen LogP contribution >= 0.6 is 0 Å². The predicted octanol–water partition coefficient (Wildman–Crippen LogP) is 1.84. The van der Waals surface area contributed by atoms with Crippen molar-refractivity contribution >= 4 is 11.6 Å². The van der Waals surface area contributed by atoms with Gasteiger partial charge in [-0.05, 0) is 31.0 Å². The first-order valence-corrected chi connectivity index (χ1v) is 6.80. The van der Waals surface area contributed by atoms with Gasteiger partial charge in [-0.2, -0.15) is 0 Å². The second kappa shape index (κ2) is 7.14. The molecule has 1 atom stereocenters. The summed E-state index contributed by atoms with van der Waals surface area (Å²) in [6.07, 6.45) is 0.675. The minimum absolute atomic E-state index is 0.0293. The molecule has 1 amide bonds. The van der Waals surface area contributed by atoms with Gasteiger partial charge in [0, 0.05) is 32.9 Å². The molecule has 4 nitrogen and oxygen atoms in total. The third-order valence-corrected chi connectivity index (χ3v) is 3.28. The Hall–Kier alpha value is -1.55. The summed E-state index contributed by atoms with van der Waals surface area (Å²) >= 11 is 0. The molecule has 0 heterocycles. The molecule has 1 aromatic rings. The molecule has 4 heteroatoms. The molecular formula is C15H25N3O. The molecule has 0 aliphatic carbocycles. The molecule has 19 heavy (non-hydrogen) atoms. The second-order valence-corrected chi connectivity index (χ2v) is 4.93. The van der Waals surface area contributed by atoms with Crippen molar-refractivity contribution in [2.45, 2.75) is 32.9 Å². The maximum Gasteiger partial charge on any atom is 0.239 e. The molecule has 0 radical (unpaired) electrons. The van der Waals surface area contributed by atoms with E-state index in [9.17, 15) is 4.79 Å². The smallest absolute Gasteiger partial charge is 0.239 e. The van der Waals surface area contributed by atoms with E-state index in [1.54, 1.807) is 4.90 Å². The summed E-state index contributed by atoms with van der Waals surface area (Å²) in [7, 11) is 4.02. The van der Waals surface area contributed by atoms with Crippen LogP contribution in [0.25, 0.3) is 0 Å². The van der Waals surface area contributed by atoms with Crippen molar-refractivity contribution in [2.75, 3.05) is 25.5 Å². The first-order chi connectivity index (χ1) is 8.99. The highest BCUT2D eigenvalue weighted by molar-refractivity contribution is 5.81. The first kappa shape index (κ1) is 15.5. The van der Waals surface area contributed by atoms with E-state index < -0.39 is 0 Å². The lowest BCUT2D eigenvalue weighted by atomic mass is 10.1. The number of rotatable bonds is 6. The Bertz CT molecular complexity index is 400. The van der Waals surface area contributed by atoms with Gasteiger partial charge in [0.15, 0.2) is 0 Å². The zero-order valence-corrected chi connectivity index (χ0v) is 12.4. The van der Waals surface area contributed by atoms with Gasteiger partial charge in [0.25, 0.3) is 0 Å². The quantitative estimate of drug-likeness (QED) is 0.852. The molecule has 0 bridgehead atoms. The van der Waals surface area contributed by atoms with Crippen LogP contribution in [-0.2, 0) is 11.3 Å². The number of benzene rings is 1. The molecule has 0 aromatic heterocycles. The monoisotopic (exact) mass is 263 g/mol. The number of hydrogen-bond acceptors (Lipinski definition) is 3. The topological polar surface area (TPSA) is 49.6 Å². The fraction of sp³-hybridized carbons (Fsp3) is 0.533. The van der Waals surface area contributed by atoms with E-state index in [4.69, 9.17) is 5.73 Å². The van der Waals surface area contributed by atoms with Gasteiger partial charge >= 0.3 is 0 Å². The lowest BCUT2D eigenvalue weighted by Gasteiger charge is -2.24. The van der Waals surface area contributed by atoms with Crippen LogP contribution in [-0.4, -0.2) is 37.5 Å². The molecule has 0 aliphatic rings. The van der Waals surface area contributed by atoms with Crippen molar-refractivity contribution in [2.24, 2.45) is 5.73 Å². The lowest BCUT2D eigenvalue weighted by molar-refractivity contribution is -0.133. The van der Waals surface area contributed by atoms with Crippen LogP contribution in [0.15, 0.2) is 24.3 Å². The third-order valence-electron chi connectivity index (χ3n) is 3.28. The van der Waals surface area contributed by atoms with E-state index in [0.717, 1.165) is 11.3 Å². The Morgan fingerprint density at radius 1 is 1.21 bits per heavy atom. The van der Waals surface area contributed by atoms with Crippen LogP contribution in [0, 0.1) is 0 Å². The zero-order valence-electron chi connectivity index (χ0n) is 12.4. The van der Waals surface area contributed by atoms with Crippen LogP contribution in [0.2, 0.25) is 0 Å². The van der Waals surface area contributed by atoms with Gasteiger partial charge in [0.05, 0.1) is 6.04 Å². The number of nitrogens with zero attached hydrogens (tertiary/aromatic N) is 2. The standard InChI is InChI=1S/C15H25N3O/c1-5-14(16)15(19)18(6-2)11-12-7-9-13(10-8-12)17(3)4/h7-10,14H,5-6,11,16H2,1-4H3. The minimum atomic E-state index is -0.388. The maximum absolute atomic E-state index is 12.1. The minimum Gasteiger partial charge on any atom is -0.378 e. The van der Waals surface area contributed by atoms with Crippen molar-refractivity contribution in [3.05, 3.63) is 29.8 Å². The Labute approximate surface area is 116 Å². The fourth-order valence-corrected chi connectivity index (χ4v) is 1.87. The molecule has 1 rings (SSSR count). The average molecular weight is 263 g/mol. The molecule has 2 N–H and O–H groups in total. The Morgan fingerprint density at radius 2 is 1.79 bits per heavy atom. The van der Waals surface area contributed by atoms with Gasteiger partial charge in [-0.1, -0.05) is 19.1 Å². The number of nitrogens with two attached hydrogens (primary N) is 1. The Morgan fingerprint density at radius 3 is 2.21 bits per heavy atom. The summed E-state index contributed by atoms with van der Waals surface area (Å²) in [5.41, 5.74) is 8.10. The van der Waals surface area contributed by atoms with Crippen LogP contribution in [0.4, 0.5) is 5.69 Å². The van der Waals surface area contributed by atoms with Crippen LogP contribution in [0.3, 0.4) is 0 Å². The summed E-state index contributed by atoms with van der Waals surface area (Å²) in [5.74, 6) is 0.0293. The summed E-state index contributed by atoms with van der Waals surface area (Å²) in [5, 5.41) is 0. The molecule has 0 saturated heterocycles. The molecule has 1 aromatic carbocycles. The SMILES string of the molecule is CCC(N)C(=O)N(CC)Cc1ccc(N(C)C)cc1. The molecule has 0 saturated carbocycles.